The average molecular weight is 728 g/mol. The number of ketones is 2. The summed E-state index contributed by atoms with van der Waals surface area (Å²) in [4.78, 5) is 59.7. The molecule has 0 unspecified atom stereocenters. The lowest BCUT2D eigenvalue weighted by Gasteiger charge is -2.20. The fraction of sp³-hybridized carbons (Fsp3) is 0.432. The van der Waals surface area contributed by atoms with Crippen LogP contribution >= 0.6 is 0 Å². The molecule has 0 bridgehead atoms. The van der Waals surface area contributed by atoms with E-state index in [1.807, 2.05) is 0 Å². The second kappa shape index (κ2) is 20.8. The Balaban J connectivity index is 2.02. The summed E-state index contributed by atoms with van der Waals surface area (Å²) in [7, 11) is 1.45. The first-order valence-electron chi connectivity index (χ1n) is 16.5. The van der Waals surface area contributed by atoms with E-state index in [1.54, 1.807) is 84.0 Å². The summed E-state index contributed by atoms with van der Waals surface area (Å²) in [5.41, 5.74) is -0.0848. The molecule has 4 N–H and O–H groups in total. The maximum absolute atomic E-state index is 12.6. The number of nitrogens with one attached hydrogen (secondary N) is 3. The lowest BCUT2D eigenvalue weighted by molar-refractivity contribution is -0.121. The highest BCUT2D eigenvalue weighted by molar-refractivity contribution is 6.10. The van der Waals surface area contributed by atoms with Gasteiger partial charge in [-0.3, -0.25) is 9.59 Å². The highest BCUT2D eigenvalue weighted by Gasteiger charge is 2.17. The van der Waals surface area contributed by atoms with E-state index in [4.69, 9.17) is 33.5 Å². The van der Waals surface area contributed by atoms with Crippen LogP contribution in [-0.2, 0) is 19.1 Å². The number of rotatable bonds is 19. The van der Waals surface area contributed by atoms with Crippen molar-refractivity contribution < 1.29 is 57.5 Å². The number of hydrogen-bond donors (Lipinski definition) is 4. The minimum absolute atomic E-state index is 0.0740. The van der Waals surface area contributed by atoms with Crippen LogP contribution in [0, 0.1) is 0 Å². The number of hydrogen-bond acceptors (Lipinski definition) is 11. The third kappa shape index (κ3) is 18.3. The molecule has 0 fully saturated rings. The number of carbonyl (C=O) groups excluding carboxylic acids is 4. The van der Waals surface area contributed by atoms with Crippen LogP contribution in [0.5, 0.6) is 23.0 Å². The highest BCUT2D eigenvalue weighted by Crippen LogP contribution is 2.30. The molecule has 2 aromatic carbocycles. The van der Waals surface area contributed by atoms with Crippen LogP contribution in [0.3, 0.4) is 0 Å². The van der Waals surface area contributed by atoms with Gasteiger partial charge < -0.3 is 49.5 Å². The molecule has 52 heavy (non-hydrogen) atoms. The SMILES string of the molecule is COc1cc(C=CC(=O)CC(=O)C=Cc2ccc(OCCNC(=O)OC(C)(C)C)c(OCCNC(=O)OC(C)(C)C)c2)ccc1OCCNC(=O)O. The molecule has 0 spiro atoms. The molecule has 0 atom stereocenters. The van der Waals surface area contributed by atoms with Crippen molar-refractivity contribution >= 4 is 42.0 Å². The van der Waals surface area contributed by atoms with Gasteiger partial charge >= 0.3 is 18.3 Å². The molecule has 0 saturated carbocycles. The molecular weight excluding hydrogens is 678 g/mol. The first-order valence-corrected chi connectivity index (χ1v) is 16.5. The Morgan fingerprint density at radius 3 is 1.44 bits per heavy atom. The average Bonchev–Trinajstić information content (AvgIpc) is 3.04. The molecule has 0 aliphatic rings. The van der Waals surface area contributed by atoms with E-state index in [1.165, 1.54) is 25.3 Å². The molecule has 0 aliphatic heterocycles. The highest BCUT2D eigenvalue weighted by atomic mass is 16.6. The Morgan fingerprint density at radius 2 is 1.02 bits per heavy atom. The molecule has 15 heteroatoms. The summed E-state index contributed by atoms with van der Waals surface area (Å²) < 4.78 is 33.0. The molecule has 0 heterocycles. The van der Waals surface area contributed by atoms with Gasteiger partial charge in [-0.2, -0.15) is 0 Å². The van der Waals surface area contributed by atoms with Crippen molar-refractivity contribution in [3.8, 4) is 23.0 Å². The topological polar surface area (TPSA) is 197 Å². The monoisotopic (exact) mass is 727 g/mol. The number of ether oxygens (including phenoxy) is 6. The summed E-state index contributed by atoms with van der Waals surface area (Å²) >= 11 is 0. The quantitative estimate of drug-likeness (QED) is 0.0818. The Morgan fingerprint density at radius 1 is 0.615 bits per heavy atom. The summed E-state index contributed by atoms with van der Waals surface area (Å²) in [6.07, 6.45) is 2.97. The van der Waals surface area contributed by atoms with Crippen molar-refractivity contribution in [1.82, 2.24) is 16.0 Å². The van der Waals surface area contributed by atoms with Crippen molar-refractivity contribution in [2.45, 2.75) is 59.2 Å². The van der Waals surface area contributed by atoms with Gasteiger partial charge in [0.1, 0.15) is 31.0 Å². The zero-order valence-corrected chi connectivity index (χ0v) is 30.7. The Kier molecular flexibility index (Phi) is 17.0. The van der Waals surface area contributed by atoms with Gasteiger partial charge in [0, 0.05) is 0 Å². The van der Waals surface area contributed by atoms with Gasteiger partial charge in [-0.05, 0) is 89.1 Å². The van der Waals surface area contributed by atoms with Gasteiger partial charge in [-0.15, -0.1) is 0 Å². The molecule has 2 aromatic rings. The van der Waals surface area contributed by atoms with E-state index in [0.717, 1.165) is 0 Å². The van der Waals surface area contributed by atoms with Crippen LogP contribution in [0.4, 0.5) is 14.4 Å². The van der Waals surface area contributed by atoms with Gasteiger partial charge in [0.2, 0.25) is 0 Å². The molecule has 15 nitrogen and oxygen atoms in total. The summed E-state index contributed by atoms with van der Waals surface area (Å²) in [5, 5.41) is 16.1. The number of carbonyl (C=O) groups is 5. The second-order valence-corrected chi connectivity index (χ2v) is 13.0. The molecule has 0 aliphatic carbocycles. The molecular formula is C37H49N3O12. The van der Waals surface area contributed by atoms with Crippen LogP contribution in [0.2, 0.25) is 0 Å². The minimum Gasteiger partial charge on any atom is -0.493 e. The second-order valence-electron chi connectivity index (χ2n) is 13.0. The van der Waals surface area contributed by atoms with E-state index in [2.05, 4.69) is 16.0 Å². The summed E-state index contributed by atoms with van der Waals surface area (Å²) in [6, 6.07) is 9.93. The van der Waals surface area contributed by atoms with Gasteiger partial charge in [-0.25, -0.2) is 14.4 Å². The number of carboxylic acid groups (broad SMARTS) is 1. The molecule has 2 rings (SSSR count). The summed E-state index contributed by atoms with van der Waals surface area (Å²) in [6.45, 7) is 11.2. The van der Waals surface area contributed by atoms with E-state index in [9.17, 15) is 24.0 Å². The van der Waals surface area contributed by atoms with Gasteiger partial charge in [0.25, 0.3) is 0 Å². The van der Waals surface area contributed by atoms with Crippen molar-refractivity contribution in [3.05, 3.63) is 59.7 Å². The first-order chi connectivity index (χ1) is 24.4. The molecule has 0 radical (unpaired) electrons. The van der Waals surface area contributed by atoms with Crippen LogP contribution in [-0.4, -0.2) is 92.7 Å². The fourth-order valence-electron chi connectivity index (χ4n) is 4.01. The Hall–Kier alpha value is -5.73. The normalized spacial score (nSPS) is 11.4. The number of amides is 3. The molecule has 0 saturated heterocycles. The third-order valence-corrected chi connectivity index (χ3v) is 6.12. The van der Waals surface area contributed by atoms with Crippen molar-refractivity contribution in [1.29, 1.82) is 0 Å². The standard InChI is InChI=1S/C37H49N3O12/c1-36(2,3)51-34(45)39-17-20-49-30-15-11-26(23-32(30)50-21-18-40-35(46)52-37(4,5)6)9-13-28(42)24-27(41)12-8-25-10-14-29(31(22-25)47-7)48-19-16-38-33(43)44/h8-15,22-23,38H,16-21,24H2,1-7H3,(H,39,45)(H,40,46)(H,43,44). The van der Waals surface area contributed by atoms with Crippen LogP contribution in [0.15, 0.2) is 48.6 Å². The van der Waals surface area contributed by atoms with Crippen LogP contribution in [0.1, 0.15) is 59.1 Å². The predicted molar refractivity (Wildman–Crippen MR) is 193 cm³/mol. The van der Waals surface area contributed by atoms with Gasteiger partial charge in [-0.1, -0.05) is 24.3 Å². The first kappa shape index (κ1) is 42.4. The van der Waals surface area contributed by atoms with E-state index < -0.39 is 41.0 Å². The third-order valence-electron chi connectivity index (χ3n) is 6.12. The molecule has 284 valence electrons. The zero-order chi connectivity index (χ0) is 38.7. The Bertz CT molecular complexity index is 1590. The van der Waals surface area contributed by atoms with Crippen molar-refractivity contribution in [2.75, 3.05) is 46.6 Å². The molecule has 0 aromatic heterocycles. The molecule has 3 amide bonds. The number of allylic oxidation sites excluding steroid dienone is 2. The number of methoxy groups -OCH3 is 1. The lowest BCUT2D eigenvalue weighted by atomic mass is 10.1. The minimum atomic E-state index is -1.15. The predicted octanol–water partition coefficient (Wildman–Crippen LogP) is 5.40. The van der Waals surface area contributed by atoms with E-state index >= 15 is 0 Å². The smallest absolute Gasteiger partial charge is 0.407 e. The van der Waals surface area contributed by atoms with Crippen molar-refractivity contribution in [2.24, 2.45) is 0 Å². The largest absolute Gasteiger partial charge is 0.493 e. The number of alkyl carbamates (subject to hydrolysis) is 2. The Labute approximate surface area is 303 Å². The van der Waals surface area contributed by atoms with Crippen LogP contribution < -0.4 is 34.9 Å². The lowest BCUT2D eigenvalue weighted by Crippen LogP contribution is -2.35. The van der Waals surface area contributed by atoms with Gasteiger partial charge in [0.15, 0.2) is 34.6 Å². The van der Waals surface area contributed by atoms with E-state index in [0.29, 0.717) is 34.1 Å². The number of benzene rings is 2. The maximum atomic E-state index is 12.6. The van der Waals surface area contributed by atoms with E-state index in [-0.39, 0.29) is 45.9 Å². The maximum Gasteiger partial charge on any atom is 0.407 e. The summed E-state index contributed by atoms with van der Waals surface area (Å²) in [5.74, 6) is 0.626. The van der Waals surface area contributed by atoms with Crippen LogP contribution in [0.25, 0.3) is 12.2 Å². The van der Waals surface area contributed by atoms with Crippen molar-refractivity contribution in [3.63, 3.8) is 0 Å². The van der Waals surface area contributed by atoms with Gasteiger partial charge in [0.05, 0.1) is 33.2 Å². The zero-order valence-electron chi connectivity index (χ0n) is 30.7. The fourth-order valence-corrected chi connectivity index (χ4v) is 4.01.